The Kier molecular flexibility index (Phi) is 19.4. The first kappa shape index (κ1) is 39.4. The van der Waals surface area contributed by atoms with Crippen LogP contribution in [0.1, 0.15) is 103 Å². The number of amides is 1. The number of carboxylic acids is 3. The summed E-state index contributed by atoms with van der Waals surface area (Å²) in [6, 6.07) is 0. The van der Waals surface area contributed by atoms with Crippen molar-refractivity contribution >= 4 is 45.7 Å². The number of ketones is 1. The summed E-state index contributed by atoms with van der Waals surface area (Å²) in [4.78, 5) is 65.1. The molecule has 0 radical (unpaired) electrons. The Morgan fingerprint density at radius 2 is 1.40 bits per heavy atom. The molecule has 14 nitrogen and oxygen atoms in total. The van der Waals surface area contributed by atoms with Crippen LogP contribution in [0, 0.1) is 0 Å². The minimum Gasteiger partial charge on any atom is -0.481 e. The Morgan fingerprint density at radius 1 is 0.860 bits per heavy atom. The molecule has 5 N–H and O–H groups in total. The molecule has 1 aliphatic carbocycles. The third-order valence-electron chi connectivity index (χ3n) is 6.11. The molecular formula is C28H43NO13S. The molecule has 0 saturated heterocycles. The minimum absolute atomic E-state index is 0.0205. The summed E-state index contributed by atoms with van der Waals surface area (Å²) >= 11 is 0. The molecule has 244 valence electrons. The SMILES string of the molecule is CCCCCCCCCC(=O)NCCCCCC(=O)OS(=O)(=O)C1=CC=CCC1=O.O=C(O)CC(O)(CC(=O)O)C(=O)O. The summed E-state index contributed by atoms with van der Waals surface area (Å²) < 4.78 is 28.5. The highest BCUT2D eigenvalue weighted by Gasteiger charge is 2.40. The number of aliphatic carboxylic acids is 3. The summed E-state index contributed by atoms with van der Waals surface area (Å²) in [6.45, 7) is 2.73. The van der Waals surface area contributed by atoms with Crippen LogP contribution in [-0.2, 0) is 43.1 Å². The van der Waals surface area contributed by atoms with Gasteiger partial charge in [-0.05, 0) is 25.3 Å². The molecule has 0 atom stereocenters. The van der Waals surface area contributed by atoms with Crippen LogP contribution < -0.4 is 5.32 Å². The summed E-state index contributed by atoms with van der Waals surface area (Å²) in [5, 5.41) is 36.7. The number of Topliss-reactive ketones (excluding diaryl/α,β-unsaturated/α-hetero) is 1. The Morgan fingerprint density at radius 3 is 1.93 bits per heavy atom. The van der Waals surface area contributed by atoms with Crippen LogP contribution in [0.5, 0.6) is 0 Å². The number of hydrogen-bond donors (Lipinski definition) is 5. The number of hydrogen-bond acceptors (Lipinski definition) is 10. The van der Waals surface area contributed by atoms with Crippen LogP contribution in [0.4, 0.5) is 0 Å². The second-order valence-electron chi connectivity index (χ2n) is 10.0. The molecule has 0 heterocycles. The summed E-state index contributed by atoms with van der Waals surface area (Å²) in [7, 11) is -4.35. The molecule has 0 bridgehead atoms. The van der Waals surface area contributed by atoms with Crippen molar-refractivity contribution < 1.29 is 61.8 Å². The van der Waals surface area contributed by atoms with E-state index in [0.717, 1.165) is 18.9 Å². The van der Waals surface area contributed by atoms with E-state index in [4.69, 9.17) is 20.4 Å². The average Bonchev–Trinajstić information content (AvgIpc) is 2.89. The van der Waals surface area contributed by atoms with Gasteiger partial charge in [-0.1, -0.05) is 64.0 Å². The number of unbranched alkanes of at least 4 members (excludes halogenated alkanes) is 8. The van der Waals surface area contributed by atoms with E-state index in [1.807, 2.05) is 0 Å². The van der Waals surface area contributed by atoms with E-state index in [9.17, 15) is 37.2 Å². The van der Waals surface area contributed by atoms with Crippen molar-refractivity contribution in [3.05, 3.63) is 23.1 Å². The molecule has 0 aromatic carbocycles. The van der Waals surface area contributed by atoms with Gasteiger partial charge in [0.1, 0.15) is 4.91 Å². The van der Waals surface area contributed by atoms with Crippen molar-refractivity contribution in [2.45, 2.75) is 109 Å². The Bertz CT molecular complexity index is 1110. The monoisotopic (exact) mass is 633 g/mol. The molecule has 0 aliphatic heterocycles. The number of rotatable bonds is 21. The molecular weight excluding hydrogens is 590 g/mol. The van der Waals surface area contributed by atoms with Crippen molar-refractivity contribution in [1.29, 1.82) is 0 Å². The summed E-state index contributed by atoms with van der Waals surface area (Å²) in [6.07, 6.45) is 12.3. The number of aliphatic hydroxyl groups is 1. The first-order valence-corrected chi connectivity index (χ1v) is 15.6. The summed E-state index contributed by atoms with van der Waals surface area (Å²) in [5.41, 5.74) is -2.74. The maximum atomic E-state index is 12.0. The maximum Gasteiger partial charge on any atom is 0.345 e. The first-order chi connectivity index (χ1) is 20.1. The van der Waals surface area contributed by atoms with E-state index in [2.05, 4.69) is 16.4 Å². The van der Waals surface area contributed by atoms with Crippen molar-refractivity contribution in [3.63, 3.8) is 0 Å². The Labute approximate surface area is 251 Å². The highest BCUT2D eigenvalue weighted by atomic mass is 32.2. The van der Waals surface area contributed by atoms with E-state index >= 15 is 0 Å². The van der Waals surface area contributed by atoms with E-state index < -0.39 is 63.1 Å². The van der Waals surface area contributed by atoms with E-state index in [-0.39, 0.29) is 18.7 Å². The van der Waals surface area contributed by atoms with Gasteiger partial charge in [-0.25, -0.2) is 4.79 Å². The van der Waals surface area contributed by atoms with Gasteiger partial charge in [0.2, 0.25) is 5.91 Å². The molecule has 0 saturated carbocycles. The quantitative estimate of drug-likeness (QED) is 0.0903. The lowest BCUT2D eigenvalue weighted by atomic mass is 9.96. The largest absolute Gasteiger partial charge is 0.481 e. The number of allylic oxidation sites excluding steroid dienone is 4. The van der Waals surface area contributed by atoms with Crippen LogP contribution in [-0.4, -0.2) is 76.6 Å². The van der Waals surface area contributed by atoms with Gasteiger partial charge in [0.25, 0.3) is 0 Å². The zero-order valence-corrected chi connectivity index (χ0v) is 25.2. The van der Waals surface area contributed by atoms with Gasteiger partial charge in [0.15, 0.2) is 11.4 Å². The minimum atomic E-state index is -4.35. The highest BCUT2D eigenvalue weighted by molar-refractivity contribution is 7.92. The third kappa shape index (κ3) is 18.5. The molecule has 0 aromatic heterocycles. The van der Waals surface area contributed by atoms with Crippen LogP contribution in [0.15, 0.2) is 23.1 Å². The van der Waals surface area contributed by atoms with Crippen LogP contribution in [0.25, 0.3) is 0 Å². The van der Waals surface area contributed by atoms with Crippen LogP contribution in [0.2, 0.25) is 0 Å². The number of carbonyl (C=O) groups excluding carboxylic acids is 3. The molecule has 0 unspecified atom stereocenters. The highest BCUT2D eigenvalue weighted by Crippen LogP contribution is 2.18. The van der Waals surface area contributed by atoms with Crippen LogP contribution >= 0.6 is 0 Å². The second-order valence-corrected chi connectivity index (χ2v) is 11.5. The lowest BCUT2D eigenvalue weighted by Crippen LogP contribution is -2.42. The molecule has 0 fully saturated rings. The predicted molar refractivity (Wildman–Crippen MR) is 153 cm³/mol. The third-order valence-corrected chi connectivity index (χ3v) is 7.41. The van der Waals surface area contributed by atoms with Gasteiger partial charge in [-0.2, -0.15) is 8.42 Å². The maximum absolute atomic E-state index is 12.0. The van der Waals surface area contributed by atoms with Gasteiger partial charge < -0.3 is 29.9 Å². The van der Waals surface area contributed by atoms with Gasteiger partial charge in [-0.15, -0.1) is 0 Å². The number of carboxylic acid groups (broad SMARTS) is 3. The van der Waals surface area contributed by atoms with Gasteiger partial charge in [0, 0.05) is 25.8 Å². The number of carbonyl (C=O) groups is 6. The standard InChI is InChI=1S/C22H35NO6S.C6H8O7/c1-2-3-4-5-6-7-9-16-21(25)23-18-13-8-10-17-22(26)29-30(27,28)20-15-12-11-14-19(20)24;7-3(8)1-6(13,5(11)12)2-4(9)10/h11-12,15H,2-10,13-14,16-18H2,1H3,(H,23,25);13H,1-2H2,(H,7,8)(H,9,10)(H,11,12). The van der Waals surface area contributed by atoms with Gasteiger partial charge in [-0.3, -0.25) is 24.0 Å². The van der Waals surface area contributed by atoms with Crippen molar-refractivity contribution in [3.8, 4) is 0 Å². The topological polar surface area (TPSA) is 239 Å². The first-order valence-electron chi connectivity index (χ1n) is 14.2. The number of nitrogens with one attached hydrogen (secondary N) is 1. The molecule has 15 heteroatoms. The normalized spacial score (nSPS) is 12.9. The molecule has 0 aromatic rings. The summed E-state index contributed by atoms with van der Waals surface area (Å²) in [5.74, 6) is -6.43. The molecule has 43 heavy (non-hydrogen) atoms. The van der Waals surface area contributed by atoms with Crippen molar-refractivity contribution in [2.75, 3.05) is 6.54 Å². The molecule has 0 spiro atoms. The van der Waals surface area contributed by atoms with Gasteiger partial charge in [0.05, 0.1) is 12.8 Å². The Balaban J connectivity index is 0.00000114. The Hall–Kier alpha value is -3.59. The molecule has 1 aliphatic rings. The molecule has 1 rings (SSSR count). The lowest BCUT2D eigenvalue weighted by Gasteiger charge is -2.18. The zero-order chi connectivity index (χ0) is 32.9. The van der Waals surface area contributed by atoms with Gasteiger partial charge >= 0.3 is 34.0 Å². The fourth-order valence-corrected chi connectivity index (χ4v) is 4.83. The van der Waals surface area contributed by atoms with E-state index in [1.165, 1.54) is 44.3 Å². The van der Waals surface area contributed by atoms with E-state index in [1.54, 1.807) is 0 Å². The fourth-order valence-electron chi connectivity index (χ4n) is 3.80. The lowest BCUT2D eigenvalue weighted by molar-refractivity contribution is -0.170. The smallest absolute Gasteiger partial charge is 0.345 e. The van der Waals surface area contributed by atoms with E-state index in [0.29, 0.717) is 32.2 Å². The van der Waals surface area contributed by atoms with Crippen molar-refractivity contribution in [2.24, 2.45) is 0 Å². The predicted octanol–water partition coefficient (Wildman–Crippen LogP) is 2.84. The van der Waals surface area contributed by atoms with Crippen LogP contribution in [0.3, 0.4) is 0 Å². The zero-order valence-electron chi connectivity index (χ0n) is 24.4. The van der Waals surface area contributed by atoms with Crippen molar-refractivity contribution in [1.82, 2.24) is 5.32 Å². The fraction of sp³-hybridized carbons (Fsp3) is 0.643. The second kappa shape index (κ2) is 21.2. The average molecular weight is 634 g/mol. The molecule has 1 amide bonds.